The van der Waals surface area contributed by atoms with Gasteiger partial charge in [-0.05, 0) is 60.4 Å². The third-order valence-electron chi connectivity index (χ3n) is 6.52. The van der Waals surface area contributed by atoms with Crippen LogP contribution in [-0.2, 0) is 24.5 Å². The fourth-order valence-electron chi connectivity index (χ4n) is 4.52. The standard InChI is InChI=1S/C26H25ClFN5O5S2/c27-19-8-12-23(13-9-19)39(34,35)32-26(30-21-14-22(15-21)38-40(29,36)37)33-16-24(17-4-2-1-3-5-17)25(31-33)18-6-10-20(28)11-7-18/h1-13,21-22,24H,14-16H2,(H,30,32)(H2,29,36,37)/t21-,22+,24-/m1/s1. The van der Waals surface area contributed by atoms with E-state index in [2.05, 4.69) is 9.71 Å². The summed E-state index contributed by atoms with van der Waals surface area (Å²) in [5.74, 6) is -0.724. The molecule has 0 bridgehead atoms. The highest BCUT2D eigenvalue weighted by molar-refractivity contribution is 7.90. The van der Waals surface area contributed by atoms with Crippen molar-refractivity contribution in [2.24, 2.45) is 14.6 Å². The number of hydrogen-bond donors (Lipinski definition) is 2. The summed E-state index contributed by atoms with van der Waals surface area (Å²) in [6.45, 7) is 0.239. The van der Waals surface area contributed by atoms with Gasteiger partial charge in [0.25, 0.3) is 10.0 Å². The second kappa shape index (κ2) is 11.3. The van der Waals surface area contributed by atoms with Crippen LogP contribution in [0.2, 0.25) is 5.02 Å². The van der Waals surface area contributed by atoms with Gasteiger partial charge in [0.2, 0.25) is 5.96 Å². The summed E-state index contributed by atoms with van der Waals surface area (Å²) < 4.78 is 71.7. The number of sulfonamides is 1. The van der Waals surface area contributed by atoms with E-state index in [4.69, 9.17) is 26.0 Å². The Bertz CT molecular complexity index is 1650. The molecule has 14 heteroatoms. The predicted octanol–water partition coefficient (Wildman–Crippen LogP) is 3.37. The first-order valence-corrected chi connectivity index (χ1v) is 15.5. The zero-order valence-electron chi connectivity index (χ0n) is 20.9. The highest BCUT2D eigenvalue weighted by atomic mass is 35.5. The average Bonchev–Trinajstić information content (AvgIpc) is 3.33. The van der Waals surface area contributed by atoms with E-state index < -0.39 is 32.2 Å². The quantitative estimate of drug-likeness (QED) is 0.310. The fourth-order valence-corrected chi connectivity index (χ4v) is 6.14. The largest absolute Gasteiger partial charge is 0.351 e. The van der Waals surface area contributed by atoms with Crippen molar-refractivity contribution in [3.05, 3.63) is 101 Å². The highest BCUT2D eigenvalue weighted by Crippen LogP contribution is 2.31. The molecule has 3 aromatic carbocycles. The van der Waals surface area contributed by atoms with Gasteiger partial charge in [-0.2, -0.15) is 21.9 Å². The molecule has 1 saturated carbocycles. The molecule has 3 aromatic rings. The SMILES string of the molecule is NS(=O)(=O)O[C@H]1C[C@@H](N/C(=N\S(=O)(=O)c2ccc(Cl)cc2)N2C[C@H](c3ccccc3)C(c3ccc(F)cc3)=N2)C1. The van der Waals surface area contributed by atoms with E-state index >= 15 is 0 Å². The molecule has 2 aliphatic rings. The molecule has 1 aliphatic carbocycles. The lowest BCUT2D eigenvalue weighted by atomic mass is 9.89. The zero-order chi connectivity index (χ0) is 28.5. The Labute approximate surface area is 236 Å². The van der Waals surface area contributed by atoms with E-state index in [-0.39, 0.29) is 42.2 Å². The maximum Gasteiger partial charge on any atom is 0.333 e. The molecule has 5 rings (SSSR count). The number of halogens is 2. The Hall–Kier alpha value is -3.36. The molecule has 0 amide bonds. The molecule has 0 unspecified atom stereocenters. The number of rotatable bonds is 7. The summed E-state index contributed by atoms with van der Waals surface area (Å²) in [6.07, 6.45) is -0.141. The molecule has 0 aromatic heterocycles. The number of nitrogens with one attached hydrogen (secondary N) is 1. The highest BCUT2D eigenvalue weighted by Gasteiger charge is 2.37. The number of hydrazone groups is 1. The van der Waals surface area contributed by atoms with Crippen LogP contribution in [0, 0.1) is 5.82 Å². The monoisotopic (exact) mass is 605 g/mol. The molecule has 1 atom stereocenters. The minimum atomic E-state index is -4.20. The van der Waals surface area contributed by atoms with Gasteiger partial charge in [-0.3, -0.25) is 4.18 Å². The first-order chi connectivity index (χ1) is 19.0. The molecule has 210 valence electrons. The normalized spacial score (nSPS) is 21.6. The van der Waals surface area contributed by atoms with Crippen LogP contribution in [0.15, 0.2) is 93.3 Å². The van der Waals surface area contributed by atoms with Crippen molar-refractivity contribution in [1.29, 1.82) is 0 Å². The molecular formula is C26H25ClFN5O5S2. The van der Waals surface area contributed by atoms with Gasteiger partial charge in [-0.1, -0.05) is 54.1 Å². The van der Waals surface area contributed by atoms with Crippen LogP contribution in [0.25, 0.3) is 0 Å². The van der Waals surface area contributed by atoms with Gasteiger partial charge < -0.3 is 5.32 Å². The van der Waals surface area contributed by atoms with Gasteiger partial charge in [0.1, 0.15) is 5.82 Å². The van der Waals surface area contributed by atoms with Gasteiger partial charge in [-0.25, -0.2) is 14.5 Å². The van der Waals surface area contributed by atoms with Crippen LogP contribution in [0.1, 0.15) is 29.9 Å². The Morgan fingerprint density at radius 3 is 2.27 bits per heavy atom. The van der Waals surface area contributed by atoms with E-state index in [1.807, 2.05) is 30.3 Å². The lowest BCUT2D eigenvalue weighted by molar-refractivity contribution is 0.0983. The average molecular weight is 606 g/mol. The van der Waals surface area contributed by atoms with Gasteiger partial charge >= 0.3 is 10.3 Å². The molecule has 0 radical (unpaired) electrons. The molecular weight excluding hydrogens is 581 g/mol. The summed E-state index contributed by atoms with van der Waals surface area (Å²) in [6, 6.07) is 20.7. The smallest absolute Gasteiger partial charge is 0.333 e. The molecule has 1 fully saturated rings. The second-order valence-electron chi connectivity index (χ2n) is 9.41. The van der Waals surface area contributed by atoms with Gasteiger partial charge in [-0.15, -0.1) is 4.40 Å². The van der Waals surface area contributed by atoms with Crippen LogP contribution >= 0.6 is 11.6 Å². The van der Waals surface area contributed by atoms with Crippen molar-refractivity contribution in [3.8, 4) is 0 Å². The van der Waals surface area contributed by atoms with Crippen LogP contribution in [0.3, 0.4) is 0 Å². The minimum Gasteiger partial charge on any atom is -0.351 e. The lowest BCUT2D eigenvalue weighted by Crippen LogP contribution is -2.52. The predicted molar refractivity (Wildman–Crippen MR) is 149 cm³/mol. The number of nitrogens with zero attached hydrogens (tertiary/aromatic N) is 3. The van der Waals surface area contributed by atoms with Crippen LogP contribution in [0.4, 0.5) is 4.39 Å². The van der Waals surface area contributed by atoms with E-state index in [1.54, 1.807) is 12.1 Å². The van der Waals surface area contributed by atoms with Gasteiger partial charge in [0.15, 0.2) is 0 Å². The number of guanidine groups is 1. The molecule has 3 N–H and O–H groups in total. The van der Waals surface area contributed by atoms with Crippen molar-refractivity contribution in [2.75, 3.05) is 6.54 Å². The van der Waals surface area contributed by atoms with E-state index in [9.17, 15) is 21.2 Å². The van der Waals surface area contributed by atoms with Crippen LogP contribution in [-0.4, -0.2) is 52.2 Å². The molecule has 40 heavy (non-hydrogen) atoms. The summed E-state index contributed by atoms with van der Waals surface area (Å²) >= 11 is 5.93. The van der Waals surface area contributed by atoms with Crippen molar-refractivity contribution in [2.45, 2.75) is 35.8 Å². The first kappa shape index (κ1) is 28.2. The summed E-state index contributed by atoms with van der Waals surface area (Å²) in [5.41, 5.74) is 2.20. The second-order valence-corrected chi connectivity index (χ2v) is 12.6. The first-order valence-electron chi connectivity index (χ1n) is 12.2. The van der Waals surface area contributed by atoms with Crippen molar-refractivity contribution >= 4 is 43.6 Å². The number of benzene rings is 3. The summed E-state index contributed by atoms with van der Waals surface area (Å²) in [4.78, 5) is -0.0678. The lowest BCUT2D eigenvalue weighted by Gasteiger charge is -2.36. The summed E-state index contributed by atoms with van der Waals surface area (Å²) in [7, 11) is -8.32. The maximum atomic E-state index is 13.7. The number of hydrogen-bond acceptors (Lipinski definition) is 6. The Morgan fingerprint density at radius 1 is 1.00 bits per heavy atom. The molecule has 1 aliphatic heterocycles. The Balaban J connectivity index is 1.51. The molecule has 0 saturated heterocycles. The van der Waals surface area contributed by atoms with Crippen LogP contribution in [0.5, 0.6) is 0 Å². The van der Waals surface area contributed by atoms with Crippen LogP contribution < -0.4 is 10.5 Å². The topological polar surface area (TPSA) is 144 Å². The van der Waals surface area contributed by atoms with E-state index in [1.165, 1.54) is 41.4 Å². The molecule has 1 heterocycles. The molecule has 10 nitrogen and oxygen atoms in total. The fraction of sp³-hybridized carbons (Fsp3) is 0.231. The Morgan fingerprint density at radius 2 is 1.65 bits per heavy atom. The van der Waals surface area contributed by atoms with Gasteiger partial charge in [0, 0.05) is 17.0 Å². The van der Waals surface area contributed by atoms with E-state index in [0.29, 0.717) is 16.3 Å². The zero-order valence-corrected chi connectivity index (χ0v) is 23.3. The maximum absolute atomic E-state index is 13.7. The minimum absolute atomic E-state index is 0.0490. The van der Waals surface area contributed by atoms with Crippen molar-refractivity contribution in [1.82, 2.24) is 10.3 Å². The van der Waals surface area contributed by atoms with Gasteiger partial charge in [0.05, 0.1) is 23.3 Å². The third kappa shape index (κ3) is 6.67. The van der Waals surface area contributed by atoms with Crippen molar-refractivity contribution < 1.29 is 25.4 Å². The molecule has 0 spiro atoms. The van der Waals surface area contributed by atoms with E-state index in [0.717, 1.165) is 5.56 Å². The third-order valence-corrected chi connectivity index (χ3v) is 8.59. The number of nitrogens with two attached hydrogens (primary N) is 1. The summed E-state index contributed by atoms with van der Waals surface area (Å²) in [5, 5.41) is 14.6. The Kier molecular flexibility index (Phi) is 7.93. The van der Waals surface area contributed by atoms with Crippen molar-refractivity contribution in [3.63, 3.8) is 0 Å².